The predicted molar refractivity (Wildman–Crippen MR) is 76.5 cm³/mol. The molecule has 0 amide bonds. The van der Waals surface area contributed by atoms with Crippen LogP contribution in [-0.2, 0) is 10.0 Å². The van der Waals surface area contributed by atoms with Crippen molar-refractivity contribution < 1.29 is 13.3 Å². The highest BCUT2D eigenvalue weighted by atomic mass is 35.5. The van der Waals surface area contributed by atoms with Gasteiger partial charge in [0, 0.05) is 18.2 Å². The zero-order chi connectivity index (χ0) is 14.9. The van der Waals surface area contributed by atoms with Crippen LogP contribution in [0.3, 0.4) is 0 Å². The highest BCUT2D eigenvalue weighted by Gasteiger charge is 2.30. The Bertz CT molecular complexity index is 616. The van der Waals surface area contributed by atoms with Gasteiger partial charge in [-0.25, -0.2) is 13.1 Å². The monoisotopic (exact) mass is 339 g/mol. The quantitative estimate of drug-likeness (QED) is 0.641. The molecular weight excluding hydrogens is 326 g/mol. The molecule has 1 aromatic heterocycles. The molecule has 0 aromatic carbocycles. The van der Waals surface area contributed by atoms with Gasteiger partial charge in [0.1, 0.15) is 4.21 Å². The summed E-state index contributed by atoms with van der Waals surface area (Å²) in [6, 6.07) is 0.404. The van der Waals surface area contributed by atoms with Crippen LogP contribution in [0.2, 0.25) is 4.34 Å². The molecule has 1 aromatic rings. The molecule has 2 atom stereocenters. The second-order valence-electron chi connectivity index (χ2n) is 4.66. The zero-order valence-corrected chi connectivity index (χ0v) is 12.8. The number of nitrogens with two attached hydrogens (primary N) is 1. The Morgan fingerprint density at radius 3 is 2.65 bits per heavy atom. The second kappa shape index (κ2) is 5.94. The van der Waals surface area contributed by atoms with Crippen molar-refractivity contribution in [1.29, 1.82) is 0 Å². The fourth-order valence-corrected chi connectivity index (χ4v) is 5.16. The maximum atomic E-state index is 12.2. The van der Waals surface area contributed by atoms with Gasteiger partial charge in [-0.1, -0.05) is 24.4 Å². The van der Waals surface area contributed by atoms with Gasteiger partial charge in [-0.2, -0.15) is 0 Å². The molecular formula is C10H14ClN3O4S2. The largest absolute Gasteiger partial charge is 0.326 e. The number of rotatable bonds is 4. The lowest BCUT2D eigenvalue weighted by Crippen LogP contribution is -2.49. The lowest BCUT2D eigenvalue weighted by atomic mass is 9.92. The van der Waals surface area contributed by atoms with Gasteiger partial charge in [-0.3, -0.25) is 10.1 Å². The summed E-state index contributed by atoms with van der Waals surface area (Å²) in [7, 11) is -3.83. The lowest BCUT2D eigenvalue weighted by Gasteiger charge is -2.28. The Labute approximate surface area is 125 Å². The molecule has 10 heteroatoms. The molecule has 1 saturated carbocycles. The minimum absolute atomic E-state index is 0.150. The van der Waals surface area contributed by atoms with Gasteiger partial charge >= 0.3 is 0 Å². The van der Waals surface area contributed by atoms with E-state index in [4.69, 9.17) is 17.3 Å². The topological polar surface area (TPSA) is 115 Å². The molecule has 2 rings (SSSR count). The van der Waals surface area contributed by atoms with E-state index in [1.807, 2.05) is 0 Å². The number of nitrogens with zero attached hydrogens (tertiary/aromatic N) is 1. The first-order valence-corrected chi connectivity index (χ1v) is 8.70. The summed E-state index contributed by atoms with van der Waals surface area (Å²) in [5, 5.41) is 10.7. The Balaban J connectivity index is 2.22. The standard InChI is InChI=1S/C10H14ClN3O4S2/c11-10-8(14(15)16)5-9(19-10)20(17,18)13-7-4-2-1-3-6(7)12/h5-7,13H,1-4,12H2. The van der Waals surface area contributed by atoms with Gasteiger partial charge in [-0.05, 0) is 12.8 Å². The third-order valence-corrected chi connectivity index (χ3v) is 6.53. The molecule has 112 valence electrons. The zero-order valence-electron chi connectivity index (χ0n) is 10.4. The van der Waals surface area contributed by atoms with Crippen LogP contribution in [0.15, 0.2) is 10.3 Å². The first kappa shape index (κ1) is 15.6. The van der Waals surface area contributed by atoms with E-state index in [1.54, 1.807) is 0 Å². The molecule has 0 aliphatic heterocycles. The Morgan fingerprint density at radius 1 is 1.45 bits per heavy atom. The summed E-state index contributed by atoms with van der Waals surface area (Å²) < 4.78 is 26.6. The third kappa shape index (κ3) is 3.29. The van der Waals surface area contributed by atoms with E-state index in [1.165, 1.54) is 0 Å². The van der Waals surface area contributed by atoms with Crippen LogP contribution in [0.1, 0.15) is 25.7 Å². The van der Waals surface area contributed by atoms with Crippen LogP contribution < -0.4 is 10.5 Å². The third-order valence-electron chi connectivity index (χ3n) is 3.23. The van der Waals surface area contributed by atoms with Crippen molar-refractivity contribution in [1.82, 2.24) is 4.72 Å². The molecule has 1 aliphatic carbocycles. The van der Waals surface area contributed by atoms with Crippen LogP contribution in [0, 0.1) is 10.1 Å². The van der Waals surface area contributed by atoms with Crippen LogP contribution in [0.5, 0.6) is 0 Å². The van der Waals surface area contributed by atoms with Crippen molar-refractivity contribution in [2.45, 2.75) is 42.0 Å². The van der Waals surface area contributed by atoms with E-state index < -0.39 is 20.6 Å². The molecule has 7 nitrogen and oxygen atoms in total. The predicted octanol–water partition coefficient (Wildman–Crippen LogP) is 1.86. The van der Waals surface area contributed by atoms with Gasteiger partial charge in [0.25, 0.3) is 15.7 Å². The van der Waals surface area contributed by atoms with Gasteiger partial charge in [0.15, 0.2) is 4.34 Å². The smallest absolute Gasteiger partial charge is 0.300 e. The van der Waals surface area contributed by atoms with Crippen molar-refractivity contribution in [3.8, 4) is 0 Å². The number of nitrogens with one attached hydrogen (secondary N) is 1. The molecule has 3 N–H and O–H groups in total. The first-order valence-electron chi connectivity index (χ1n) is 6.03. The summed E-state index contributed by atoms with van der Waals surface area (Å²) in [6.45, 7) is 0. The van der Waals surface area contributed by atoms with E-state index in [9.17, 15) is 18.5 Å². The summed E-state index contributed by atoms with van der Waals surface area (Å²) in [5.74, 6) is 0. The summed E-state index contributed by atoms with van der Waals surface area (Å²) in [6.07, 6.45) is 3.32. The molecule has 1 fully saturated rings. The lowest BCUT2D eigenvalue weighted by molar-refractivity contribution is -0.384. The van der Waals surface area contributed by atoms with Crippen LogP contribution >= 0.6 is 22.9 Å². The summed E-state index contributed by atoms with van der Waals surface area (Å²) >= 11 is 6.35. The van der Waals surface area contributed by atoms with Crippen molar-refractivity contribution in [2.75, 3.05) is 0 Å². The maximum absolute atomic E-state index is 12.2. The van der Waals surface area contributed by atoms with E-state index in [0.29, 0.717) is 17.8 Å². The van der Waals surface area contributed by atoms with Gasteiger partial charge in [0.2, 0.25) is 0 Å². The number of nitro groups is 1. The van der Waals surface area contributed by atoms with Crippen molar-refractivity contribution in [3.63, 3.8) is 0 Å². The molecule has 1 heterocycles. The van der Waals surface area contributed by atoms with Gasteiger partial charge in [0.05, 0.1) is 4.92 Å². The van der Waals surface area contributed by atoms with Crippen molar-refractivity contribution in [2.24, 2.45) is 5.73 Å². The highest BCUT2D eigenvalue weighted by molar-refractivity contribution is 7.91. The Hall–Kier alpha value is -0.740. The van der Waals surface area contributed by atoms with Gasteiger partial charge < -0.3 is 5.73 Å². The molecule has 0 spiro atoms. The summed E-state index contributed by atoms with van der Waals surface area (Å²) in [4.78, 5) is 9.99. The molecule has 1 aliphatic rings. The SMILES string of the molecule is NC1CCCCC1NS(=O)(=O)c1cc([N+](=O)[O-])c(Cl)s1. The van der Waals surface area contributed by atoms with E-state index in [0.717, 1.165) is 25.3 Å². The maximum Gasteiger partial charge on any atom is 0.300 e. The molecule has 0 radical (unpaired) electrons. The first-order chi connectivity index (χ1) is 9.31. The number of thiophene rings is 1. The average molecular weight is 340 g/mol. The molecule has 20 heavy (non-hydrogen) atoms. The van der Waals surface area contributed by atoms with E-state index >= 15 is 0 Å². The van der Waals surface area contributed by atoms with Crippen LogP contribution in [0.25, 0.3) is 0 Å². The van der Waals surface area contributed by atoms with Gasteiger partial charge in [-0.15, -0.1) is 11.3 Å². The van der Waals surface area contributed by atoms with Crippen LogP contribution in [0.4, 0.5) is 5.69 Å². The van der Waals surface area contributed by atoms with Crippen molar-refractivity contribution >= 4 is 38.6 Å². The minimum atomic E-state index is -3.83. The second-order valence-corrected chi connectivity index (χ2v) is 8.25. The average Bonchev–Trinajstić information content (AvgIpc) is 2.75. The minimum Gasteiger partial charge on any atom is -0.326 e. The number of hydrogen-bond donors (Lipinski definition) is 2. The van der Waals surface area contributed by atoms with Crippen LogP contribution in [-0.4, -0.2) is 25.4 Å². The van der Waals surface area contributed by atoms with Crippen molar-refractivity contribution in [3.05, 3.63) is 20.5 Å². The molecule has 0 bridgehead atoms. The molecule has 0 saturated heterocycles. The Kier molecular flexibility index (Phi) is 4.65. The van der Waals surface area contributed by atoms with E-state index in [2.05, 4.69) is 4.72 Å². The fraction of sp³-hybridized carbons (Fsp3) is 0.600. The summed E-state index contributed by atoms with van der Waals surface area (Å²) in [5.41, 5.74) is 5.49. The van der Waals surface area contributed by atoms with E-state index in [-0.39, 0.29) is 20.6 Å². The normalized spacial score (nSPS) is 23.7. The molecule has 2 unspecified atom stereocenters. The highest BCUT2D eigenvalue weighted by Crippen LogP contribution is 2.36. The number of hydrogen-bond acceptors (Lipinski definition) is 6. The number of sulfonamides is 1. The number of halogens is 1. The Morgan fingerprint density at radius 2 is 2.10 bits per heavy atom. The fourth-order valence-electron chi connectivity index (χ4n) is 2.16.